The Kier molecular flexibility index (Phi) is 38.2. The van der Waals surface area contributed by atoms with E-state index in [-0.39, 0.29) is 12.5 Å². The summed E-state index contributed by atoms with van der Waals surface area (Å²) < 4.78 is 0. The Hall–Kier alpha value is -1.43. The van der Waals surface area contributed by atoms with Crippen molar-refractivity contribution in [3.05, 3.63) is 36.5 Å². The molecular weight excluding hydrogens is 606 g/mol. The van der Waals surface area contributed by atoms with Crippen LogP contribution in [0.15, 0.2) is 36.5 Å². The highest BCUT2D eigenvalue weighted by Crippen LogP contribution is 2.15. The van der Waals surface area contributed by atoms with Crippen LogP contribution >= 0.6 is 0 Å². The minimum Gasteiger partial charge on any atom is -0.394 e. The van der Waals surface area contributed by atoms with Gasteiger partial charge < -0.3 is 20.6 Å². The summed E-state index contributed by atoms with van der Waals surface area (Å²) in [5, 5.41) is 33.5. The van der Waals surface area contributed by atoms with Gasteiger partial charge in [0.15, 0.2) is 0 Å². The molecule has 0 bridgehead atoms. The summed E-state index contributed by atoms with van der Waals surface area (Å²) in [5.74, 6) is -0.167. The molecule has 0 aliphatic carbocycles. The van der Waals surface area contributed by atoms with E-state index in [4.69, 9.17) is 0 Å². The van der Waals surface area contributed by atoms with Gasteiger partial charge in [-0.25, -0.2) is 0 Å². The number of nitrogens with one attached hydrogen (secondary N) is 1. The second-order valence-electron chi connectivity index (χ2n) is 14.6. The molecule has 288 valence electrons. The molecule has 0 fully saturated rings. The first-order valence-corrected chi connectivity index (χ1v) is 21.3. The highest BCUT2D eigenvalue weighted by Gasteiger charge is 2.26. The van der Waals surface area contributed by atoms with Crippen molar-refractivity contribution in [2.24, 2.45) is 0 Å². The van der Waals surface area contributed by atoms with Crippen LogP contribution in [-0.4, -0.2) is 46.1 Å². The van der Waals surface area contributed by atoms with Crippen molar-refractivity contribution < 1.29 is 20.1 Å². The van der Waals surface area contributed by atoms with Crippen molar-refractivity contribution in [1.29, 1.82) is 0 Å². The first-order valence-electron chi connectivity index (χ1n) is 21.3. The van der Waals surface area contributed by atoms with Gasteiger partial charge in [-0.05, 0) is 64.2 Å². The molecule has 49 heavy (non-hydrogen) atoms. The molecule has 0 radical (unpaired) electrons. The van der Waals surface area contributed by atoms with Crippen molar-refractivity contribution >= 4 is 5.91 Å². The topological polar surface area (TPSA) is 89.8 Å². The van der Waals surface area contributed by atoms with Crippen LogP contribution in [0.1, 0.15) is 213 Å². The molecule has 0 spiro atoms. The summed E-state index contributed by atoms with van der Waals surface area (Å²) in [7, 11) is 0. The van der Waals surface area contributed by atoms with Crippen LogP contribution in [0, 0.1) is 0 Å². The number of hydrogen-bond acceptors (Lipinski definition) is 4. The minimum absolute atomic E-state index is 0.167. The summed E-state index contributed by atoms with van der Waals surface area (Å²) in [5.41, 5.74) is 0. The average molecular weight is 690 g/mol. The van der Waals surface area contributed by atoms with Crippen molar-refractivity contribution in [3.63, 3.8) is 0 Å². The molecule has 0 heterocycles. The lowest BCUT2D eigenvalue weighted by atomic mass is 10.0. The number of unbranched alkanes of at least 4 members (excludes halogenated alkanes) is 25. The van der Waals surface area contributed by atoms with E-state index in [1.807, 2.05) is 0 Å². The molecule has 0 rings (SSSR count). The van der Waals surface area contributed by atoms with Gasteiger partial charge in [-0.15, -0.1) is 0 Å². The zero-order chi connectivity index (χ0) is 35.9. The van der Waals surface area contributed by atoms with E-state index in [1.165, 1.54) is 141 Å². The quantitative estimate of drug-likeness (QED) is 0.0295. The molecular formula is C44H83NO4. The van der Waals surface area contributed by atoms with Crippen LogP contribution < -0.4 is 5.32 Å². The highest BCUT2D eigenvalue weighted by atomic mass is 16.3. The van der Waals surface area contributed by atoms with Gasteiger partial charge in [0.25, 0.3) is 0 Å². The summed E-state index contributed by atoms with van der Waals surface area (Å²) >= 11 is 0. The van der Waals surface area contributed by atoms with Gasteiger partial charge in [-0.1, -0.05) is 179 Å². The normalized spacial score (nSPS) is 14.0. The van der Waals surface area contributed by atoms with Gasteiger partial charge in [-0.3, -0.25) is 4.79 Å². The van der Waals surface area contributed by atoms with E-state index in [1.54, 1.807) is 0 Å². The predicted molar refractivity (Wildman–Crippen MR) is 213 cm³/mol. The standard InChI is InChI=1S/C44H83NO4/c1-3-5-7-9-11-13-15-17-19-20-21-22-23-25-26-28-30-32-34-36-38-42(47)44(49)41(40-46)45-43(48)39-37-35-33-31-29-27-24-18-16-14-12-10-8-6-4-2/h12,14,16,18,30,32,41-42,44,46-47,49H,3-11,13,15,17,19-29,31,33-40H2,1-2H3,(H,45,48)/b14-12-,18-16-,32-30+. The van der Waals surface area contributed by atoms with Crippen LogP contribution in [0.25, 0.3) is 0 Å². The van der Waals surface area contributed by atoms with E-state index in [2.05, 4.69) is 55.6 Å². The number of allylic oxidation sites excluding steroid dienone is 6. The Bertz CT molecular complexity index is 764. The van der Waals surface area contributed by atoms with E-state index in [0.29, 0.717) is 12.8 Å². The third-order valence-corrected chi connectivity index (χ3v) is 9.74. The van der Waals surface area contributed by atoms with E-state index >= 15 is 0 Å². The maximum Gasteiger partial charge on any atom is 0.220 e. The van der Waals surface area contributed by atoms with Crippen LogP contribution in [0.4, 0.5) is 0 Å². The molecule has 0 saturated carbocycles. The molecule has 3 unspecified atom stereocenters. The Morgan fingerprint density at radius 3 is 1.35 bits per heavy atom. The largest absolute Gasteiger partial charge is 0.394 e. The second-order valence-corrected chi connectivity index (χ2v) is 14.6. The molecule has 0 saturated heterocycles. The molecule has 0 aromatic rings. The lowest BCUT2D eigenvalue weighted by molar-refractivity contribution is -0.124. The summed E-state index contributed by atoms with van der Waals surface area (Å²) in [6.07, 6.45) is 48.2. The van der Waals surface area contributed by atoms with Crippen LogP contribution in [0.3, 0.4) is 0 Å². The second kappa shape index (κ2) is 39.4. The fraction of sp³-hybridized carbons (Fsp3) is 0.841. The summed E-state index contributed by atoms with van der Waals surface area (Å²) in [6.45, 7) is 4.13. The Morgan fingerprint density at radius 2 is 0.878 bits per heavy atom. The van der Waals surface area contributed by atoms with Gasteiger partial charge in [0, 0.05) is 6.42 Å². The first-order chi connectivity index (χ1) is 24.1. The number of rotatable bonds is 38. The molecule has 5 nitrogen and oxygen atoms in total. The van der Waals surface area contributed by atoms with E-state index in [0.717, 1.165) is 44.9 Å². The highest BCUT2D eigenvalue weighted by molar-refractivity contribution is 5.76. The number of amides is 1. The van der Waals surface area contributed by atoms with Gasteiger partial charge in [0.1, 0.15) is 6.10 Å². The monoisotopic (exact) mass is 690 g/mol. The van der Waals surface area contributed by atoms with Gasteiger partial charge in [0.2, 0.25) is 5.91 Å². The summed E-state index contributed by atoms with van der Waals surface area (Å²) in [4.78, 5) is 12.4. The third-order valence-electron chi connectivity index (χ3n) is 9.74. The van der Waals surface area contributed by atoms with Crippen LogP contribution in [0.2, 0.25) is 0 Å². The van der Waals surface area contributed by atoms with Gasteiger partial charge in [0.05, 0.1) is 18.8 Å². The maximum absolute atomic E-state index is 12.4. The number of carbonyl (C=O) groups excluding carboxylic acids is 1. The molecule has 0 aromatic heterocycles. The summed E-state index contributed by atoms with van der Waals surface area (Å²) in [6, 6.07) is -0.831. The molecule has 0 aliphatic rings. The SMILES string of the molecule is CCCCC/C=C\C=C/CCCCCCCCC(=O)NC(CO)C(O)C(O)CCC/C=C/CCCCCCCCCCCCCCCCC. The molecule has 0 aliphatic heterocycles. The lowest BCUT2D eigenvalue weighted by Crippen LogP contribution is -2.50. The van der Waals surface area contributed by atoms with E-state index in [9.17, 15) is 20.1 Å². The van der Waals surface area contributed by atoms with Crippen LogP contribution in [0.5, 0.6) is 0 Å². The van der Waals surface area contributed by atoms with E-state index < -0.39 is 18.2 Å². The third kappa shape index (κ3) is 34.8. The smallest absolute Gasteiger partial charge is 0.220 e. The molecule has 5 heteroatoms. The number of carbonyl (C=O) groups is 1. The Labute approximate surface area is 304 Å². The fourth-order valence-corrected chi connectivity index (χ4v) is 6.39. The lowest BCUT2D eigenvalue weighted by Gasteiger charge is -2.26. The zero-order valence-electron chi connectivity index (χ0n) is 32.6. The van der Waals surface area contributed by atoms with Crippen molar-refractivity contribution in [1.82, 2.24) is 5.32 Å². The number of aliphatic hydroxyl groups is 3. The molecule has 3 atom stereocenters. The maximum atomic E-state index is 12.4. The van der Waals surface area contributed by atoms with Crippen molar-refractivity contribution in [2.75, 3.05) is 6.61 Å². The zero-order valence-corrected chi connectivity index (χ0v) is 32.6. The van der Waals surface area contributed by atoms with Crippen LogP contribution in [-0.2, 0) is 4.79 Å². The molecule has 0 aromatic carbocycles. The average Bonchev–Trinajstić information content (AvgIpc) is 3.10. The fourth-order valence-electron chi connectivity index (χ4n) is 6.39. The molecule has 1 amide bonds. The minimum atomic E-state index is -1.16. The predicted octanol–water partition coefficient (Wildman–Crippen LogP) is 12.0. The first kappa shape index (κ1) is 47.6. The number of aliphatic hydroxyl groups excluding tert-OH is 3. The van der Waals surface area contributed by atoms with Crippen molar-refractivity contribution in [2.45, 2.75) is 231 Å². The van der Waals surface area contributed by atoms with Gasteiger partial charge in [-0.2, -0.15) is 0 Å². The number of hydrogen-bond donors (Lipinski definition) is 4. The van der Waals surface area contributed by atoms with Gasteiger partial charge >= 0.3 is 0 Å². The Morgan fingerprint density at radius 1 is 0.510 bits per heavy atom. The Balaban J connectivity index is 3.69. The van der Waals surface area contributed by atoms with Crippen molar-refractivity contribution in [3.8, 4) is 0 Å². The molecule has 4 N–H and O–H groups in total.